The number of hydrogen-bond acceptors (Lipinski definition) is 4. The summed E-state index contributed by atoms with van der Waals surface area (Å²) in [6.45, 7) is 1.98. The topological polar surface area (TPSA) is 47.3 Å². The molecule has 0 fully saturated rings. The Bertz CT molecular complexity index is 1150. The number of halogens is 1. The normalized spacial score (nSPS) is 12.2. The largest absolute Gasteiger partial charge is 0.291 e. The molecule has 0 amide bonds. The first-order valence-corrected chi connectivity index (χ1v) is 8.16. The first-order chi connectivity index (χ1) is 11.6. The summed E-state index contributed by atoms with van der Waals surface area (Å²) < 4.78 is 14.8. The summed E-state index contributed by atoms with van der Waals surface area (Å²) in [5, 5.41) is 4.34. The fourth-order valence-corrected chi connectivity index (χ4v) is 3.39. The lowest BCUT2D eigenvalue weighted by molar-refractivity contribution is 0.628. The van der Waals surface area contributed by atoms with Crippen LogP contribution in [0.2, 0.25) is 0 Å². The van der Waals surface area contributed by atoms with Crippen molar-refractivity contribution in [1.29, 1.82) is 0 Å². The van der Waals surface area contributed by atoms with Gasteiger partial charge in [-0.1, -0.05) is 47.7 Å². The summed E-state index contributed by atoms with van der Waals surface area (Å²) in [4.78, 5) is 17.5. The summed E-state index contributed by atoms with van der Waals surface area (Å²) >= 11 is 1.27. The average molecular weight is 337 g/mol. The fourth-order valence-electron chi connectivity index (χ4n) is 2.48. The number of nitrogens with zero attached hydrogens (tertiary/aromatic N) is 3. The Labute approximate surface area is 140 Å². The molecule has 4 nitrogen and oxygen atoms in total. The highest BCUT2D eigenvalue weighted by atomic mass is 32.1. The Morgan fingerprint density at radius 1 is 1.12 bits per heavy atom. The van der Waals surface area contributed by atoms with E-state index in [1.165, 1.54) is 28.0 Å². The molecule has 0 aliphatic heterocycles. The second kappa shape index (κ2) is 5.65. The summed E-state index contributed by atoms with van der Waals surface area (Å²) in [6.07, 6.45) is 1.72. The van der Waals surface area contributed by atoms with E-state index < -0.39 is 0 Å². The van der Waals surface area contributed by atoms with Crippen LogP contribution in [-0.4, -0.2) is 14.6 Å². The van der Waals surface area contributed by atoms with Crippen molar-refractivity contribution in [3.63, 3.8) is 0 Å². The lowest BCUT2D eigenvalue weighted by Gasteiger charge is -1.98. The average Bonchev–Trinajstić information content (AvgIpc) is 3.10. The van der Waals surface area contributed by atoms with Gasteiger partial charge in [-0.25, -0.2) is 4.39 Å². The molecular formula is C18H12FN3OS. The van der Waals surface area contributed by atoms with Gasteiger partial charge in [0.1, 0.15) is 5.82 Å². The van der Waals surface area contributed by atoms with E-state index in [2.05, 4.69) is 10.1 Å². The molecule has 4 aromatic rings. The molecule has 0 saturated carbocycles. The van der Waals surface area contributed by atoms with E-state index in [1.807, 2.05) is 31.2 Å². The smallest absolute Gasteiger partial charge is 0.266 e. The molecule has 0 atom stereocenters. The number of aromatic nitrogens is 3. The highest BCUT2D eigenvalue weighted by Crippen LogP contribution is 2.20. The highest BCUT2D eigenvalue weighted by molar-refractivity contribution is 7.15. The van der Waals surface area contributed by atoms with Crippen molar-refractivity contribution in [2.45, 2.75) is 6.92 Å². The molecule has 0 radical (unpaired) electrons. The summed E-state index contributed by atoms with van der Waals surface area (Å²) in [6, 6.07) is 13.8. The predicted octanol–water partition coefficient (Wildman–Crippen LogP) is 2.81. The van der Waals surface area contributed by atoms with Crippen molar-refractivity contribution in [2.24, 2.45) is 0 Å². The Morgan fingerprint density at radius 2 is 1.88 bits per heavy atom. The standard InChI is InChI=1S/C18H12FN3OS/c1-11-4-2-3-5-14(11)16-20-18-22(21-16)17(23)15(24-18)10-12-6-8-13(19)9-7-12/h2-10H,1H3/b15-10-. The van der Waals surface area contributed by atoms with E-state index in [1.54, 1.807) is 18.2 Å². The number of benzene rings is 2. The third-order valence-corrected chi connectivity index (χ3v) is 4.69. The minimum absolute atomic E-state index is 0.216. The van der Waals surface area contributed by atoms with Crippen LogP contribution in [-0.2, 0) is 0 Å². The molecule has 24 heavy (non-hydrogen) atoms. The maximum atomic E-state index is 13.0. The van der Waals surface area contributed by atoms with Crippen LogP contribution < -0.4 is 10.1 Å². The molecule has 6 heteroatoms. The van der Waals surface area contributed by atoms with Crippen molar-refractivity contribution in [3.05, 3.63) is 80.4 Å². The number of thiazole rings is 1. The van der Waals surface area contributed by atoms with Gasteiger partial charge in [-0.15, -0.1) is 5.10 Å². The zero-order valence-electron chi connectivity index (χ0n) is 12.7. The maximum absolute atomic E-state index is 13.0. The zero-order chi connectivity index (χ0) is 16.7. The second-order valence-corrected chi connectivity index (χ2v) is 6.42. The van der Waals surface area contributed by atoms with Gasteiger partial charge in [-0.2, -0.15) is 9.50 Å². The minimum Gasteiger partial charge on any atom is -0.266 e. The van der Waals surface area contributed by atoms with Crippen LogP contribution in [0, 0.1) is 12.7 Å². The molecular weight excluding hydrogens is 325 g/mol. The van der Waals surface area contributed by atoms with Gasteiger partial charge in [0.25, 0.3) is 5.56 Å². The molecule has 0 unspecified atom stereocenters. The van der Waals surface area contributed by atoms with E-state index >= 15 is 0 Å². The maximum Gasteiger partial charge on any atom is 0.291 e. The van der Waals surface area contributed by atoms with Crippen LogP contribution in [0.4, 0.5) is 4.39 Å². The van der Waals surface area contributed by atoms with Gasteiger partial charge >= 0.3 is 0 Å². The molecule has 2 heterocycles. The molecule has 2 aromatic heterocycles. The summed E-state index contributed by atoms with van der Waals surface area (Å²) in [7, 11) is 0. The van der Waals surface area contributed by atoms with Crippen molar-refractivity contribution < 1.29 is 4.39 Å². The number of fused-ring (bicyclic) bond motifs is 1. The van der Waals surface area contributed by atoms with Crippen LogP contribution in [0.5, 0.6) is 0 Å². The van der Waals surface area contributed by atoms with Crippen LogP contribution >= 0.6 is 11.3 Å². The molecule has 2 aromatic carbocycles. The Hall–Kier alpha value is -2.86. The molecule has 0 N–H and O–H groups in total. The van der Waals surface area contributed by atoms with Crippen molar-refractivity contribution >= 4 is 22.4 Å². The van der Waals surface area contributed by atoms with Gasteiger partial charge in [-0.05, 0) is 36.3 Å². The number of aryl methyl sites for hydroxylation is 1. The molecule has 0 spiro atoms. The van der Waals surface area contributed by atoms with Gasteiger partial charge < -0.3 is 0 Å². The summed E-state index contributed by atoms with van der Waals surface area (Å²) in [5.41, 5.74) is 2.52. The molecule has 0 saturated heterocycles. The van der Waals surface area contributed by atoms with Crippen molar-refractivity contribution in [3.8, 4) is 11.4 Å². The zero-order valence-corrected chi connectivity index (χ0v) is 13.5. The van der Waals surface area contributed by atoms with Crippen LogP contribution in [0.25, 0.3) is 22.4 Å². The van der Waals surface area contributed by atoms with Crippen LogP contribution in [0.3, 0.4) is 0 Å². The van der Waals surface area contributed by atoms with E-state index in [4.69, 9.17) is 0 Å². The van der Waals surface area contributed by atoms with E-state index in [0.29, 0.717) is 15.3 Å². The molecule has 4 rings (SSSR count). The SMILES string of the molecule is Cc1ccccc1-c1nc2s/c(=C\c3ccc(F)cc3)c(=O)n2n1. The Morgan fingerprint density at radius 3 is 2.58 bits per heavy atom. The third kappa shape index (κ3) is 2.51. The van der Waals surface area contributed by atoms with E-state index in [-0.39, 0.29) is 11.4 Å². The van der Waals surface area contributed by atoms with Crippen molar-refractivity contribution in [2.75, 3.05) is 0 Å². The lowest BCUT2D eigenvalue weighted by Crippen LogP contribution is -2.23. The molecule has 0 aliphatic carbocycles. The van der Waals surface area contributed by atoms with Crippen LogP contribution in [0.1, 0.15) is 11.1 Å². The van der Waals surface area contributed by atoms with Gasteiger partial charge in [-0.3, -0.25) is 4.79 Å². The van der Waals surface area contributed by atoms with Gasteiger partial charge in [0, 0.05) is 5.56 Å². The first-order valence-electron chi connectivity index (χ1n) is 7.35. The Kier molecular flexibility index (Phi) is 3.46. The fraction of sp³-hybridized carbons (Fsp3) is 0.0556. The number of hydrogen-bond donors (Lipinski definition) is 0. The predicted molar refractivity (Wildman–Crippen MR) is 92.5 cm³/mol. The monoisotopic (exact) mass is 337 g/mol. The van der Waals surface area contributed by atoms with Gasteiger partial charge in [0.15, 0.2) is 5.82 Å². The number of rotatable bonds is 2. The second-order valence-electron chi connectivity index (χ2n) is 5.41. The molecule has 0 bridgehead atoms. The lowest BCUT2D eigenvalue weighted by atomic mass is 10.1. The summed E-state index contributed by atoms with van der Waals surface area (Å²) in [5.74, 6) is 0.241. The third-order valence-electron chi connectivity index (χ3n) is 3.74. The quantitative estimate of drug-likeness (QED) is 0.565. The van der Waals surface area contributed by atoms with E-state index in [0.717, 1.165) is 16.7 Å². The Balaban J connectivity index is 1.83. The minimum atomic E-state index is -0.306. The molecule has 0 aliphatic rings. The highest BCUT2D eigenvalue weighted by Gasteiger charge is 2.13. The first kappa shape index (κ1) is 14.7. The van der Waals surface area contributed by atoms with E-state index in [9.17, 15) is 9.18 Å². The van der Waals surface area contributed by atoms with Gasteiger partial charge in [0.05, 0.1) is 4.53 Å². The van der Waals surface area contributed by atoms with Crippen molar-refractivity contribution in [1.82, 2.24) is 14.6 Å². The van der Waals surface area contributed by atoms with Gasteiger partial charge in [0.2, 0.25) is 4.96 Å². The van der Waals surface area contributed by atoms with Crippen LogP contribution in [0.15, 0.2) is 53.3 Å². The molecule has 118 valence electrons.